The fraction of sp³-hybridized carbons (Fsp3) is 0.467. The molecule has 0 radical (unpaired) electrons. The number of urea groups is 1. The lowest BCUT2D eigenvalue weighted by Gasteiger charge is -2.24. The Balaban J connectivity index is 1.89. The molecule has 2 atom stereocenters. The van der Waals surface area contributed by atoms with Crippen LogP contribution in [0.3, 0.4) is 0 Å². The lowest BCUT2D eigenvalue weighted by Crippen LogP contribution is -2.48. The summed E-state index contributed by atoms with van der Waals surface area (Å²) >= 11 is 0. The Morgan fingerprint density at radius 3 is 2.75 bits per heavy atom. The van der Waals surface area contributed by atoms with Crippen LogP contribution in [0.15, 0.2) is 30.3 Å². The molecular formula is C15H20N2O3. The number of aliphatic carboxylic acids is 1. The predicted octanol–water partition coefficient (Wildman–Crippen LogP) is 1.88. The summed E-state index contributed by atoms with van der Waals surface area (Å²) in [6.45, 7) is 2.44. The highest BCUT2D eigenvalue weighted by molar-refractivity contribution is 5.83. The number of rotatable bonds is 4. The average Bonchev–Trinajstić information content (AvgIpc) is 2.89. The third-order valence-corrected chi connectivity index (χ3v) is 3.55. The molecule has 0 spiro atoms. The number of nitrogens with one attached hydrogen (secondary N) is 1. The molecule has 108 valence electrons. The van der Waals surface area contributed by atoms with Crippen LogP contribution in [0.5, 0.6) is 0 Å². The molecule has 0 aromatic heterocycles. The minimum absolute atomic E-state index is 0.0278. The second kappa shape index (κ2) is 6.41. The third kappa shape index (κ3) is 3.50. The molecule has 5 nitrogen and oxygen atoms in total. The van der Waals surface area contributed by atoms with Crippen LogP contribution in [0.2, 0.25) is 0 Å². The Kier molecular flexibility index (Phi) is 4.61. The third-order valence-electron chi connectivity index (χ3n) is 3.55. The first kappa shape index (κ1) is 14.4. The number of carboxylic acid groups (broad SMARTS) is 1. The molecule has 1 fully saturated rings. The summed E-state index contributed by atoms with van der Waals surface area (Å²) in [6.07, 6.45) is 2.02. The van der Waals surface area contributed by atoms with Gasteiger partial charge in [-0.05, 0) is 31.7 Å². The van der Waals surface area contributed by atoms with Crippen LogP contribution in [0.25, 0.3) is 0 Å². The second-order valence-corrected chi connectivity index (χ2v) is 5.23. The van der Waals surface area contributed by atoms with Gasteiger partial charge in [0.15, 0.2) is 0 Å². The first-order valence-electron chi connectivity index (χ1n) is 6.92. The summed E-state index contributed by atoms with van der Waals surface area (Å²) in [5.74, 6) is -0.923. The zero-order valence-corrected chi connectivity index (χ0v) is 11.6. The molecule has 1 heterocycles. The summed E-state index contributed by atoms with van der Waals surface area (Å²) in [5, 5.41) is 12.0. The molecule has 2 rings (SSSR count). The van der Waals surface area contributed by atoms with E-state index in [9.17, 15) is 9.59 Å². The monoisotopic (exact) mass is 276 g/mol. The highest BCUT2D eigenvalue weighted by Crippen LogP contribution is 2.17. The van der Waals surface area contributed by atoms with Crippen molar-refractivity contribution in [3.63, 3.8) is 0 Å². The van der Waals surface area contributed by atoms with E-state index in [1.807, 2.05) is 37.3 Å². The molecule has 2 unspecified atom stereocenters. The first-order chi connectivity index (χ1) is 9.58. The van der Waals surface area contributed by atoms with Gasteiger partial charge in [-0.15, -0.1) is 0 Å². The summed E-state index contributed by atoms with van der Waals surface area (Å²) in [5.41, 5.74) is 1.15. The molecule has 2 amide bonds. The number of nitrogens with zero attached hydrogens (tertiary/aromatic N) is 1. The van der Waals surface area contributed by atoms with Crippen LogP contribution in [-0.2, 0) is 11.2 Å². The quantitative estimate of drug-likeness (QED) is 0.882. The number of carboxylic acids is 1. The summed E-state index contributed by atoms with van der Waals surface area (Å²) in [4.78, 5) is 24.6. The van der Waals surface area contributed by atoms with Crippen molar-refractivity contribution in [2.24, 2.45) is 0 Å². The number of carbonyl (C=O) groups excluding carboxylic acids is 1. The number of carbonyl (C=O) groups is 2. The van der Waals surface area contributed by atoms with E-state index in [-0.39, 0.29) is 12.1 Å². The van der Waals surface area contributed by atoms with E-state index in [4.69, 9.17) is 5.11 Å². The van der Waals surface area contributed by atoms with Crippen molar-refractivity contribution in [3.8, 4) is 0 Å². The molecule has 1 aromatic carbocycles. The van der Waals surface area contributed by atoms with Gasteiger partial charge in [-0.25, -0.2) is 9.59 Å². The molecule has 20 heavy (non-hydrogen) atoms. The van der Waals surface area contributed by atoms with E-state index < -0.39 is 12.0 Å². The molecule has 2 N–H and O–H groups in total. The smallest absolute Gasteiger partial charge is 0.326 e. The Morgan fingerprint density at radius 1 is 1.40 bits per heavy atom. The van der Waals surface area contributed by atoms with E-state index in [0.717, 1.165) is 18.4 Å². The number of amides is 2. The summed E-state index contributed by atoms with van der Waals surface area (Å²) < 4.78 is 0. The van der Waals surface area contributed by atoms with E-state index in [2.05, 4.69) is 5.32 Å². The zero-order valence-electron chi connectivity index (χ0n) is 11.6. The molecule has 0 aliphatic carbocycles. The Bertz CT molecular complexity index is 475. The maximum atomic E-state index is 12.1. The summed E-state index contributed by atoms with van der Waals surface area (Å²) in [6, 6.07) is 8.92. The van der Waals surface area contributed by atoms with Crippen LogP contribution in [0.1, 0.15) is 25.3 Å². The standard InChI is InChI=1S/C15H20N2O3/c1-11(10-12-6-3-2-4-7-12)16-15(20)17-9-5-8-13(17)14(18)19/h2-4,6-7,11,13H,5,8-10H2,1H3,(H,16,20)(H,18,19). The van der Waals surface area contributed by atoms with Crippen molar-refractivity contribution in [2.75, 3.05) is 6.54 Å². The number of hydrogen-bond acceptors (Lipinski definition) is 2. The molecule has 0 saturated carbocycles. The van der Waals surface area contributed by atoms with Gasteiger partial charge in [-0.3, -0.25) is 0 Å². The first-order valence-corrected chi connectivity index (χ1v) is 6.92. The molecule has 1 saturated heterocycles. The van der Waals surface area contributed by atoms with E-state index in [1.54, 1.807) is 0 Å². The lowest BCUT2D eigenvalue weighted by molar-refractivity contribution is -0.141. The Labute approximate surface area is 118 Å². The van der Waals surface area contributed by atoms with Gasteiger partial charge in [-0.1, -0.05) is 30.3 Å². The van der Waals surface area contributed by atoms with Crippen LogP contribution >= 0.6 is 0 Å². The van der Waals surface area contributed by atoms with Crippen LogP contribution < -0.4 is 5.32 Å². The Hall–Kier alpha value is -2.04. The van der Waals surface area contributed by atoms with Crippen molar-refractivity contribution >= 4 is 12.0 Å². The van der Waals surface area contributed by atoms with E-state index in [0.29, 0.717) is 13.0 Å². The van der Waals surface area contributed by atoms with Gasteiger partial charge in [0.1, 0.15) is 6.04 Å². The van der Waals surface area contributed by atoms with Gasteiger partial charge in [0.05, 0.1) is 0 Å². The maximum Gasteiger partial charge on any atom is 0.326 e. The summed E-state index contributed by atoms with van der Waals surface area (Å²) in [7, 11) is 0. The average molecular weight is 276 g/mol. The maximum absolute atomic E-state index is 12.1. The predicted molar refractivity (Wildman–Crippen MR) is 75.5 cm³/mol. The normalized spacial score (nSPS) is 19.6. The fourth-order valence-electron chi connectivity index (χ4n) is 2.58. The molecule has 1 aliphatic rings. The van der Waals surface area contributed by atoms with Crippen molar-refractivity contribution in [1.82, 2.24) is 10.2 Å². The number of hydrogen-bond donors (Lipinski definition) is 2. The fourth-order valence-corrected chi connectivity index (χ4v) is 2.58. The minimum Gasteiger partial charge on any atom is -0.480 e. The topological polar surface area (TPSA) is 69.6 Å². The van der Waals surface area contributed by atoms with Gasteiger partial charge in [-0.2, -0.15) is 0 Å². The largest absolute Gasteiger partial charge is 0.480 e. The molecule has 5 heteroatoms. The van der Waals surface area contributed by atoms with Gasteiger partial charge in [0, 0.05) is 12.6 Å². The molecule has 0 bridgehead atoms. The van der Waals surface area contributed by atoms with Crippen LogP contribution in [0.4, 0.5) is 4.79 Å². The van der Waals surface area contributed by atoms with Crippen LogP contribution in [-0.4, -0.2) is 40.6 Å². The number of benzene rings is 1. The van der Waals surface area contributed by atoms with E-state index >= 15 is 0 Å². The van der Waals surface area contributed by atoms with E-state index in [1.165, 1.54) is 4.90 Å². The highest BCUT2D eigenvalue weighted by Gasteiger charge is 2.34. The molecule has 1 aliphatic heterocycles. The van der Waals surface area contributed by atoms with Crippen LogP contribution in [0, 0.1) is 0 Å². The molecule has 1 aromatic rings. The number of likely N-dealkylation sites (tertiary alicyclic amines) is 1. The van der Waals surface area contributed by atoms with Crippen molar-refractivity contribution in [3.05, 3.63) is 35.9 Å². The zero-order chi connectivity index (χ0) is 14.5. The minimum atomic E-state index is -0.923. The van der Waals surface area contributed by atoms with Crippen molar-refractivity contribution < 1.29 is 14.7 Å². The van der Waals surface area contributed by atoms with Gasteiger partial charge in [0.25, 0.3) is 0 Å². The van der Waals surface area contributed by atoms with Crippen molar-refractivity contribution in [1.29, 1.82) is 0 Å². The van der Waals surface area contributed by atoms with Gasteiger partial charge in [0.2, 0.25) is 0 Å². The van der Waals surface area contributed by atoms with Gasteiger partial charge < -0.3 is 15.3 Å². The highest BCUT2D eigenvalue weighted by atomic mass is 16.4. The van der Waals surface area contributed by atoms with Gasteiger partial charge >= 0.3 is 12.0 Å². The SMILES string of the molecule is CC(Cc1ccccc1)NC(=O)N1CCCC1C(=O)O. The second-order valence-electron chi connectivity index (χ2n) is 5.23. The van der Waals surface area contributed by atoms with Crippen molar-refractivity contribution in [2.45, 2.75) is 38.3 Å². The lowest BCUT2D eigenvalue weighted by atomic mass is 10.1. The Morgan fingerprint density at radius 2 is 2.10 bits per heavy atom. The molecular weight excluding hydrogens is 256 g/mol.